The number of hydrogen-bond acceptors (Lipinski definition) is 3. The number of aryl methyl sites for hydroxylation is 3. The van der Waals surface area contributed by atoms with E-state index in [0.717, 1.165) is 36.8 Å². The first-order valence-corrected chi connectivity index (χ1v) is 12.2. The summed E-state index contributed by atoms with van der Waals surface area (Å²) >= 11 is 5.87. The van der Waals surface area contributed by atoms with Crippen LogP contribution >= 0.6 is 12.2 Å². The highest BCUT2D eigenvalue weighted by molar-refractivity contribution is 7.80. The van der Waals surface area contributed by atoms with Crippen LogP contribution in [0.25, 0.3) is 5.69 Å². The highest BCUT2D eigenvalue weighted by Crippen LogP contribution is 2.42. The Morgan fingerprint density at radius 2 is 1.97 bits per heavy atom. The quantitative estimate of drug-likeness (QED) is 0.526. The summed E-state index contributed by atoms with van der Waals surface area (Å²) < 4.78 is 8.38. The lowest BCUT2D eigenvalue weighted by molar-refractivity contribution is 0.0842. The molecule has 2 aliphatic rings. The predicted molar refractivity (Wildman–Crippen MR) is 136 cm³/mol. The van der Waals surface area contributed by atoms with Gasteiger partial charge in [0.05, 0.1) is 23.9 Å². The molecule has 172 valence electrons. The number of rotatable bonds is 5. The van der Waals surface area contributed by atoms with E-state index in [2.05, 4.69) is 72.8 Å². The van der Waals surface area contributed by atoms with Crippen LogP contribution in [0.2, 0.25) is 0 Å². The number of thiocarbonyl (C=S) groups is 1. The van der Waals surface area contributed by atoms with Crippen molar-refractivity contribution in [2.45, 2.75) is 58.7 Å². The van der Waals surface area contributed by atoms with E-state index in [0.29, 0.717) is 0 Å². The Balaban J connectivity index is 1.61. The van der Waals surface area contributed by atoms with E-state index in [9.17, 15) is 0 Å². The Morgan fingerprint density at radius 3 is 2.70 bits per heavy atom. The molecule has 6 heteroatoms. The zero-order chi connectivity index (χ0) is 23.1. The van der Waals surface area contributed by atoms with Crippen LogP contribution in [0, 0.1) is 27.7 Å². The van der Waals surface area contributed by atoms with Gasteiger partial charge in [-0.15, -0.1) is 0 Å². The van der Waals surface area contributed by atoms with Crippen molar-refractivity contribution in [1.29, 1.82) is 0 Å². The molecule has 2 aliphatic heterocycles. The smallest absolute Gasteiger partial charge is 0.170 e. The van der Waals surface area contributed by atoms with Crippen LogP contribution in [0.1, 0.15) is 58.7 Å². The van der Waals surface area contributed by atoms with Crippen molar-refractivity contribution in [2.75, 3.05) is 13.2 Å². The van der Waals surface area contributed by atoms with Crippen molar-refractivity contribution in [3.8, 4) is 5.69 Å². The summed E-state index contributed by atoms with van der Waals surface area (Å²) in [5.74, 6) is 0. The molecule has 3 aromatic rings. The molecule has 0 unspecified atom stereocenters. The summed E-state index contributed by atoms with van der Waals surface area (Å²) in [5, 5.41) is 4.37. The van der Waals surface area contributed by atoms with E-state index in [1.807, 2.05) is 18.3 Å². The second-order valence-electron chi connectivity index (χ2n) is 9.37. The third-order valence-electron chi connectivity index (χ3n) is 7.02. The van der Waals surface area contributed by atoms with Gasteiger partial charge in [-0.05, 0) is 93.7 Å². The first-order valence-electron chi connectivity index (χ1n) is 11.8. The standard InChI is InChI=1S/C27H32N4OS/c1-17-10-11-18(2)24(14-17)31-19(3)15-22(20(31)4)26-25(23-9-5-6-12-28-23)29-27(33)30(26)16-21-8-7-13-32-21/h5-6,9-12,14-15,21,25-26H,7-8,13,16H2,1-4H3,(H,29,33)/t21-,25+,26-/m0/s1. The Morgan fingerprint density at radius 1 is 1.12 bits per heavy atom. The molecule has 5 nitrogen and oxygen atoms in total. The third kappa shape index (κ3) is 4.06. The fraction of sp³-hybridized carbons (Fsp3) is 0.407. The molecule has 1 aromatic carbocycles. The minimum absolute atomic E-state index is 0.00680. The number of nitrogens with zero attached hydrogens (tertiary/aromatic N) is 3. The van der Waals surface area contributed by atoms with Crippen LogP contribution in [0.5, 0.6) is 0 Å². The Labute approximate surface area is 201 Å². The number of hydrogen-bond donors (Lipinski definition) is 1. The lowest BCUT2D eigenvalue weighted by atomic mass is 9.96. The van der Waals surface area contributed by atoms with Crippen molar-refractivity contribution < 1.29 is 4.74 Å². The highest BCUT2D eigenvalue weighted by atomic mass is 32.1. The molecule has 0 radical (unpaired) electrons. The first kappa shape index (κ1) is 22.1. The van der Waals surface area contributed by atoms with Crippen LogP contribution in [-0.2, 0) is 4.74 Å². The van der Waals surface area contributed by atoms with Crippen LogP contribution in [0.4, 0.5) is 0 Å². The second kappa shape index (κ2) is 8.92. The zero-order valence-electron chi connectivity index (χ0n) is 19.8. The molecule has 0 amide bonds. The van der Waals surface area contributed by atoms with E-state index in [1.54, 1.807) is 0 Å². The second-order valence-corrected chi connectivity index (χ2v) is 9.75. The molecule has 3 atom stereocenters. The summed E-state index contributed by atoms with van der Waals surface area (Å²) in [6.07, 6.45) is 4.28. The van der Waals surface area contributed by atoms with Crippen molar-refractivity contribution in [2.24, 2.45) is 0 Å². The monoisotopic (exact) mass is 460 g/mol. The summed E-state index contributed by atoms with van der Waals surface area (Å²) in [6.45, 7) is 10.4. The molecule has 2 aromatic heterocycles. The van der Waals surface area contributed by atoms with Crippen LogP contribution in [-0.4, -0.2) is 38.8 Å². The Bertz CT molecular complexity index is 1170. The van der Waals surface area contributed by atoms with E-state index in [-0.39, 0.29) is 18.2 Å². The largest absolute Gasteiger partial charge is 0.376 e. The molecule has 4 heterocycles. The maximum absolute atomic E-state index is 6.00. The van der Waals surface area contributed by atoms with E-state index >= 15 is 0 Å². The maximum atomic E-state index is 6.00. The molecular weight excluding hydrogens is 428 g/mol. The molecular formula is C27H32N4OS. The lowest BCUT2D eigenvalue weighted by Gasteiger charge is -2.30. The first-order chi connectivity index (χ1) is 15.9. The van der Waals surface area contributed by atoms with Gasteiger partial charge in [-0.2, -0.15) is 0 Å². The van der Waals surface area contributed by atoms with Crippen LogP contribution in [0.15, 0.2) is 48.7 Å². The molecule has 1 N–H and O–H groups in total. The van der Waals surface area contributed by atoms with Gasteiger partial charge in [0, 0.05) is 36.4 Å². The number of aromatic nitrogens is 2. The van der Waals surface area contributed by atoms with Gasteiger partial charge >= 0.3 is 0 Å². The van der Waals surface area contributed by atoms with Gasteiger partial charge in [-0.25, -0.2) is 0 Å². The molecule has 2 fully saturated rings. The average molecular weight is 461 g/mol. The van der Waals surface area contributed by atoms with E-state index < -0.39 is 0 Å². The third-order valence-corrected chi connectivity index (χ3v) is 7.37. The van der Waals surface area contributed by atoms with E-state index in [4.69, 9.17) is 21.9 Å². The van der Waals surface area contributed by atoms with Crippen molar-refractivity contribution >= 4 is 17.3 Å². The van der Waals surface area contributed by atoms with Gasteiger partial charge in [0.25, 0.3) is 0 Å². The number of ether oxygens (including phenoxy) is 1. The Kier molecular flexibility index (Phi) is 5.97. The topological polar surface area (TPSA) is 42.3 Å². The van der Waals surface area contributed by atoms with Crippen molar-refractivity contribution in [1.82, 2.24) is 19.8 Å². The summed E-state index contributed by atoms with van der Waals surface area (Å²) in [4.78, 5) is 7.03. The molecule has 0 aliphatic carbocycles. The van der Waals surface area contributed by atoms with Crippen molar-refractivity contribution in [3.63, 3.8) is 0 Å². The minimum atomic E-state index is -0.00680. The maximum Gasteiger partial charge on any atom is 0.170 e. The lowest BCUT2D eigenvalue weighted by Crippen LogP contribution is -2.36. The SMILES string of the molecule is Cc1ccc(C)c(-n2c(C)cc([C@H]3[C@@H](c4ccccn4)NC(=S)N3C[C@@H]3CCCO3)c2C)c1. The van der Waals surface area contributed by atoms with Gasteiger partial charge in [0.15, 0.2) is 5.11 Å². The molecule has 2 saturated heterocycles. The van der Waals surface area contributed by atoms with Crippen molar-refractivity contribution in [3.05, 3.63) is 82.4 Å². The number of pyridine rings is 1. The Hall–Kier alpha value is -2.70. The molecule has 0 saturated carbocycles. The van der Waals surface area contributed by atoms with E-state index in [1.165, 1.54) is 33.8 Å². The minimum Gasteiger partial charge on any atom is -0.376 e. The normalized spacial score (nSPS) is 22.7. The zero-order valence-corrected chi connectivity index (χ0v) is 20.7. The van der Waals surface area contributed by atoms with Gasteiger partial charge in [0.2, 0.25) is 0 Å². The van der Waals surface area contributed by atoms with Gasteiger partial charge in [-0.3, -0.25) is 4.98 Å². The fourth-order valence-corrected chi connectivity index (χ4v) is 5.68. The van der Waals surface area contributed by atoms with Crippen LogP contribution < -0.4 is 5.32 Å². The van der Waals surface area contributed by atoms with Gasteiger partial charge < -0.3 is 19.5 Å². The number of nitrogens with one attached hydrogen (secondary N) is 1. The summed E-state index contributed by atoms with van der Waals surface area (Å²) in [5.41, 5.74) is 8.54. The predicted octanol–water partition coefficient (Wildman–Crippen LogP) is 5.26. The average Bonchev–Trinajstić information content (AvgIpc) is 3.50. The van der Waals surface area contributed by atoms with Gasteiger partial charge in [-0.1, -0.05) is 18.2 Å². The molecule has 5 rings (SSSR count). The van der Waals surface area contributed by atoms with Gasteiger partial charge in [0.1, 0.15) is 0 Å². The highest BCUT2D eigenvalue weighted by Gasteiger charge is 2.42. The fourth-order valence-electron chi connectivity index (χ4n) is 5.37. The summed E-state index contributed by atoms with van der Waals surface area (Å²) in [6, 6.07) is 15.1. The van der Waals surface area contributed by atoms with Crippen LogP contribution in [0.3, 0.4) is 0 Å². The molecule has 33 heavy (non-hydrogen) atoms. The number of benzene rings is 1. The molecule has 0 spiro atoms. The molecule has 0 bridgehead atoms. The summed E-state index contributed by atoms with van der Waals surface area (Å²) in [7, 11) is 0.